The van der Waals surface area contributed by atoms with Crippen molar-refractivity contribution in [3.8, 4) is 11.3 Å². The Labute approximate surface area is 211 Å². The average molecular weight is 514 g/mol. The molecule has 0 saturated heterocycles. The summed E-state index contributed by atoms with van der Waals surface area (Å²) in [5, 5.41) is 15.2. The molecule has 7 nitrogen and oxygen atoms in total. The van der Waals surface area contributed by atoms with Crippen LogP contribution in [0.4, 0.5) is 0 Å². The molecule has 0 bridgehead atoms. The van der Waals surface area contributed by atoms with E-state index in [0.29, 0.717) is 5.92 Å². The van der Waals surface area contributed by atoms with E-state index in [-0.39, 0.29) is 28.9 Å². The number of nitrogens with zero attached hydrogens (tertiary/aromatic N) is 5. The summed E-state index contributed by atoms with van der Waals surface area (Å²) in [6.07, 6.45) is 12.4. The van der Waals surface area contributed by atoms with Crippen LogP contribution in [-0.4, -0.2) is 55.1 Å². The lowest BCUT2D eigenvalue weighted by molar-refractivity contribution is -0.138. The molecule has 9 heteroatoms. The first-order valence-electron chi connectivity index (χ1n) is 12.7. The Morgan fingerprint density at radius 2 is 2.03 bits per heavy atom. The van der Waals surface area contributed by atoms with E-state index in [1.807, 2.05) is 17.1 Å². The van der Waals surface area contributed by atoms with Crippen LogP contribution < -0.4 is 0 Å². The summed E-state index contributed by atoms with van der Waals surface area (Å²) in [6.45, 7) is 9.41. The van der Waals surface area contributed by atoms with Crippen molar-refractivity contribution in [3.63, 3.8) is 0 Å². The van der Waals surface area contributed by atoms with Crippen LogP contribution in [0, 0.1) is 11.8 Å². The molecule has 190 valence electrons. The minimum Gasteiger partial charge on any atom is -0.481 e. The summed E-state index contributed by atoms with van der Waals surface area (Å²) in [7, 11) is -1.03. The SMILES string of the molecule is C=S(CC[Si](C)(C)C)Cn1ccc2c(-c3cnn(C(CC(=O)O)C(C)C4CCCC4)c3)ncnc21. The van der Waals surface area contributed by atoms with Crippen LogP contribution in [0.2, 0.25) is 25.7 Å². The topological polar surface area (TPSA) is 85.8 Å². The van der Waals surface area contributed by atoms with Crippen LogP contribution in [0.25, 0.3) is 22.3 Å². The molecule has 1 fully saturated rings. The Morgan fingerprint density at radius 3 is 2.71 bits per heavy atom. The van der Waals surface area contributed by atoms with Gasteiger partial charge in [0.15, 0.2) is 0 Å². The molecular weight excluding hydrogens is 474 g/mol. The summed E-state index contributed by atoms with van der Waals surface area (Å²) < 4.78 is 4.06. The molecule has 3 aromatic heterocycles. The largest absolute Gasteiger partial charge is 0.481 e. The third-order valence-electron chi connectivity index (χ3n) is 7.37. The van der Waals surface area contributed by atoms with Gasteiger partial charge in [0.05, 0.1) is 30.2 Å². The number of hydrogen-bond donors (Lipinski definition) is 1. The molecular formula is C26H39N5O2SSi. The van der Waals surface area contributed by atoms with E-state index < -0.39 is 14.0 Å². The number of carbonyl (C=O) groups is 1. The lowest BCUT2D eigenvalue weighted by atomic mass is 9.85. The Kier molecular flexibility index (Phi) is 7.95. The summed E-state index contributed by atoms with van der Waals surface area (Å²) in [5.41, 5.74) is 2.66. The van der Waals surface area contributed by atoms with Gasteiger partial charge in [-0.3, -0.25) is 9.48 Å². The summed E-state index contributed by atoms with van der Waals surface area (Å²) >= 11 is 0. The first-order chi connectivity index (χ1) is 16.6. The minimum absolute atomic E-state index is 0.0475. The van der Waals surface area contributed by atoms with Gasteiger partial charge in [-0.05, 0) is 29.7 Å². The van der Waals surface area contributed by atoms with E-state index >= 15 is 0 Å². The highest BCUT2D eigenvalue weighted by Crippen LogP contribution is 2.39. The molecule has 4 rings (SSSR count). The lowest BCUT2D eigenvalue weighted by Crippen LogP contribution is -2.25. The Hall–Kier alpha value is -2.26. The maximum atomic E-state index is 11.7. The zero-order chi connectivity index (χ0) is 25.2. The van der Waals surface area contributed by atoms with E-state index in [4.69, 9.17) is 0 Å². The second-order valence-corrected chi connectivity index (χ2v) is 18.8. The number of aromatic nitrogens is 5. The van der Waals surface area contributed by atoms with Gasteiger partial charge in [-0.2, -0.15) is 15.6 Å². The van der Waals surface area contributed by atoms with Crippen LogP contribution in [0.5, 0.6) is 0 Å². The van der Waals surface area contributed by atoms with Gasteiger partial charge in [0.1, 0.15) is 12.0 Å². The molecule has 1 aliphatic carbocycles. The smallest absolute Gasteiger partial charge is 0.305 e. The molecule has 0 spiro atoms. The average Bonchev–Trinajstić information content (AvgIpc) is 3.56. The predicted molar refractivity (Wildman–Crippen MR) is 149 cm³/mol. The molecule has 35 heavy (non-hydrogen) atoms. The zero-order valence-electron chi connectivity index (χ0n) is 21.5. The second-order valence-electron chi connectivity index (χ2n) is 11.3. The van der Waals surface area contributed by atoms with Gasteiger partial charge in [0.2, 0.25) is 0 Å². The van der Waals surface area contributed by atoms with E-state index in [0.717, 1.165) is 33.9 Å². The highest BCUT2D eigenvalue weighted by atomic mass is 32.2. The first-order valence-corrected chi connectivity index (χ1v) is 18.1. The fourth-order valence-corrected chi connectivity index (χ4v) is 9.52. The highest BCUT2D eigenvalue weighted by Gasteiger charge is 2.31. The minimum atomic E-state index is -1.08. The second kappa shape index (κ2) is 10.8. The third-order valence-corrected chi connectivity index (χ3v) is 10.9. The molecule has 1 saturated carbocycles. The fourth-order valence-electron chi connectivity index (χ4n) is 5.19. The summed E-state index contributed by atoms with van der Waals surface area (Å²) in [4.78, 5) is 20.9. The number of carboxylic acids is 1. The number of hydrogen-bond acceptors (Lipinski definition) is 4. The van der Waals surface area contributed by atoms with Crippen molar-refractivity contribution in [2.24, 2.45) is 11.8 Å². The fraction of sp³-hybridized carbons (Fsp3) is 0.577. The van der Waals surface area contributed by atoms with Crippen LogP contribution in [0.15, 0.2) is 31.0 Å². The molecule has 0 aromatic carbocycles. The Morgan fingerprint density at radius 1 is 1.29 bits per heavy atom. The molecule has 3 heterocycles. The molecule has 1 aliphatic rings. The first kappa shape index (κ1) is 25.8. The van der Waals surface area contributed by atoms with Crippen LogP contribution in [0.1, 0.15) is 45.1 Å². The zero-order valence-corrected chi connectivity index (χ0v) is 23.3. The van der Waals surface area contributed by atoms with Gasteiger partial charge >= 0.3 is 5.97 Å². The molecule has 1 N–H and O–H groups in total. The lowest BCUT2D eigenvalue weighted by Gasteiger charge is -2.28. The molecule has 3 unspecified atom stereocenters. The van der Waals surface area contributed by atoms with Gasteiger partial charge in [-0.1, -0.05) is 58.1 Å². The van der Waals surface area contributed by atoms with Gasteiger partial charge in [0.25, 0.3) is 0 Å². The maximum absolute atomic E-state index is 11.7. The number of fused-ring (bicyclic) bond motifs is 1. The Bertz CT molecular complexity index is 1190. The number of rotatable bonds is 11. The van der Waals surface area contributed by atoms with Crippen LogP contribution in [0.3, 0.4) is 0 Å². The van der Waals surface area contributed by atoms with Gasteiger partial charge in [-0.15, -0.1) is 0 Å². The maximum Gasteiger partial charge on any atom is 0.305 e. The van der Waals surface area contributed by atoms with E-state index in [1.54, 1.807) is 6.33 Å². The van der Waals surface area contributed by atoms with Crippen molar-refractivity contribution in [2.75, 3.05) is 5.75 Å². The standard InChI is InChI=1S/C26H39N5O2SSi/c1-19(20-8-6-7-9-20)23(14-24(32)33)31-16-21(15-29-31)25-22-10-11-30(26(22)28-17-27-25)18-34(2)12-13-35(3,4)5/h10-11,15-17,19-20,23H,2,6-9,12-14,18H2,1,3-5H3,(H,32,33). The monoisotopic (exact) mass is 513 g/mol. The van der Waals surface area contributed by atoms with Crippen molar-refractivity contribution >= 4 is 41.4 Å². The van der Waals surface area contributed by atoms with Crippen molar-refractivity contribution in [2.45, 2.75) is 76.6 Å². The summed E-state index contributed by atoms with van der Waals surface area (Å²) in [5.74, 6) is 6.49. The van der Waals surface area contributed by atoms with Crippen LogP contribution >= 0.6 is 10.5 Å². The molecule has 0 amide bonds. The van der Waals surface area contributed by atoms with Crippen molar-refractivity contribution in [1.82, 2.24) is 24.3 Å². The van der Waals surface area contributed by atoms with Crippen LogP contribution in [-0.2, 0) is 10.7 Å². The molecule has 3 aromatic rings. The van der Waals surface area contributed by atoms with E-state index in [1.165, 1.54) is 31.7 Å². The van der Waals surface area contributed by atoms with Gasteiger partial charge < -0.3 is 9.67 Å². The third kappa shape index (κ3) is 6.30. The summed E-state index contributed by atoms with van der Waals surface area (Å²) in [6, 6.07) is 3.20. The normalized spacial score (nSPS) is 17.6. The quantitative estimate of drug-likeness (QED) is 0.246. The number of carboxylic acid groups (broad SMARTS) is 1. The van der Waals surface area contributed by atoms with Crippen molar-refractivity contribution in [3.05, 3.63) is 31.0 Å². The molecule has 0 radical (unpaired) electrons. The Balaban J connectivity index is 1.57. The van der Waals surface area contributed by atoms with Crippen molar-refractivity contribution < 1.29 is 9.90 Å². The van der Waals surface area contributed by atoms with E-state index in [9.17, 15) is 9.90 Å². The highest BCUT2D eigenvalue weighted by molar-refractivity contribution is 8.13. The van der Waals surface area contributed by atoms with Crippen molar-refractivity contribution in [1.29, 1.82) is 0 Å². The van der Waals surface area contributed by atoms with Gasteiger partial charge in [0, 0.05) is 31.4 Å². The predicted octanol–water partition coefficient (Wildman–Crippen LogP) is 6.13. The molecule has 0 aliphatic heterocycles. The van der Waals surface area contributed by atoms with Gasteiger partial charge in [-0.25, -0.2) is 9.97 Å². The molecule has 3 atom stereocenters. The number of aliphatic carboxylic acids is 1. The van der Waals surface area contributed by atoms with E-state index in [2.05, 4.69) is 64.3 Å².